The van der Waals surface area contributed by atoms with Crippen molar-refractivity contribution in [2.24, 2.45) is 0 Å². The fraction of sp³-hybridized carbons (Fsp3) is 0.263. The van der Waals surface area contributed by atoms with Gasteiger partial charge in [-0.05, 0) is 18.2 Å². The molecule has 2 aromatic carbocycles. The molecule has 0 spiro atoms. The van der Waals surface area contributed by atoms with Crippen molar-refractivity contribution in [2.45, 2.75) is 19.5 Å². The Bertz CT molecular complexity index is 863. The largest absolute Gasteiger partial charge is 0.395 e. The van der Waals surface area contributed by atoms with E-state index in [-0.39, 0.29) is 37.8 Å². The number of aliphatic hydroxyl groups is 1. The lowest BCUT2D eigenvalue weighted by Crippen LogP contribution is -2.33. The summed E-state index contributed by atoms with van der Waals surface area (Å²) >= 11 is 0. The van der Waals surface area contributed by atoms with E-state index in [0.29, 0.717) is 12.1 Å². The van der Waals surface area contributed by atoms with Gasteiger partial charge in [0.15, 0.2) is 0 Å². The molecule has 0 atom stereocenters. The van der Waals surface area contributed by atoms with Crippen LogP contribution in [0.4, 0.5) is 4.39 Å². The van der Waals surface area contributed by atoms with Crippen molar-refractivity contribution in [1.82, 2.24) is 14.5 Å². The van der Waals surface area contributed by atoms with Crippen molar-refractivity contribution in [3.05, 3.63) is 66.2 Å². The summed E-state index contributed by atoms with van der Waals surface area (Å²) in [5.41, 5.74) is 2.30. The summed E-state index contributed by atoms with van der Waals surface area (Å²) in [5.74, 6) is -0.478. The van der Waals surface area contributed by atoms with Crippen LogP contribution in [-0.4, -0.2) is 38.6 Å². The van der Waals surface area contributed by atoms with Gasteiger partial charge < -0.3 is 14.6 Å². The maximum absolute atomic E-state index is 13.8. The number of rotatable bonds is 7. The van der Waals surface area contributed by atoms with Gasteiger partial charge in [0, 0.05) is 31.6 Å². The zero-order chi connectivity index (χ0) is 17.6. The van der Waals surface area contributed by atoms with Gasteiger partial charge >= 0.3 is 0 Å². The molecule has 1 aromatic heterocycles. The number of halogens is 1. The number of hydrogen-bond donors (Lipinski definition) is 1. The van der Waals surface area contributed by atoms with Crippen LogP contribution >= 0.6 is 0 Å². The van der Waals surface area contributed by atoms with Crippen LogP contribution in [0.1, 0.15) is 12.0 Å². The normalized spacial score (nSPS) is 11.0. The molecule has 3 rings (SSSR count). The molecule has 5 nitrogen and oxygen atoms in total. The molecule has 6 heteroatoms. The molecule has 130 valence electrons. The van der Waals surface area contributed by atoms with E-state index < -0.39 is 0 Å². The van der Waals surface area contributed by atoms with E-state index in [1.54, 1.807) is 24.5 Å². The molecule has 0 saturated heterocycles. The van der Waals surface area contributed by atoms with Gasteiger partial charge in [0.05, 0.1) is 24.0 Å². The van der Waals surface area contributed by atoms with Gasteiger partial charge in [0.1, 0.15) is 5.82 Å². The highest BCUT2D eigenvalue weighted by Gasteiger charge is 2.15. The topological polar surface area (TPSA) is 58.4 Å². The first-order valence-electron chi connectivity index (χ1n) is 8.21. The molecule has 3 aromatic rings. The fourth-order valence-electron chi connectivity index (χ4n) is 2.81. The van der Waals surface area contributed by atoms with Crippen molar-refractivity contribution in [1.29, 1.82) is 0 Å². The van der Waals surface area contributed by atoms with Gasteiger partial charge in [0.25, 0.3) is 0 Å². The van der Waals surface area contributed by atoms with Gasteiger partial charge in [0.2, 0.25) is 5.91 Å². The number of para-hydroxylation sites is 2. The Balaban J connectivity index is 1.67. The van der Waals surface area contributed by atoms with Crippen LogP contribution in [0, 0.1) is 5.82 Å². The monoisotopic (exact) mass is 341 g/mol. The maximum atomic E-state index is 13.8. The standard InChI is InChI=1S/C19H20FN3O2/c20-16-6-2-1-5-15(16)13-22(11-12-24)19(25)9-10-23-14-21-17-7-3-4-8-18(17)23/h1-8,14,24H,9-13H2. The average molecular weight is 341 g/mol. The summed E-state index contributed by atoms with van der Waals surface area (Å²) in [7, 11) is 0. The molecule has 0 aliphatic rings. The molecule has 0 saturated carbocycles. The minimum absolute atomic E-state index is 0.130. The quantitative estimate of drug-likeness (QED) is 0.719. The smallest absolute Gasteiger partial charge is 0.224 e. The van der Waals surface area contributed by atoms with Crippen LogP contribution in [0.25, 0.3) is 11.0 Å². The molecular weight excluding hydrogens is 321 g/mol. The lowest BCUT2D eigenvalue weighted by Gasteiger charge is -2.22. The Morgan fingerprint density at radius 3 is 2.72 bits per heavy atom. The molecule has 0 aliphatic heterocycles. The summed E-state index contributed by atoms with van der Waals surface area (Å²) in [4.78, 5) is 18.3. The number of benzene rings is 2. The third kappa shape index (κ3) is 4.03. The fourth-order valence-corrected chi connectivity index (χ4v) is 2.81. The maximum Gasteiger partial charge on any atom is 0.224 e. The van der Waals surface area contributed by atoms with Crippen LogP contribution in [0.2, 0.25) is 0 Å². The summed E-state index contributed by atoms with van der Waals surface area (Å²) in [5, 5.41) is 9.22. The van der Waals surface area contributed by atoms with Gasteiger partial charge in [-0.1, -0.05) is 30.3 Å². The molecule has 1 heterocycles. The van der Waals surface area contributed by atoms with Crippen LogP contribution in [0.3, 0.4) is 0 Å². The third-order valence-corrected chi connectivity index (χ3v) is 4.14. The zero-order valence-corrected chi connectivity index (χ0v) is 13.8. The summed E-state index contributed by atoms with van der Waals surface area (Å²) < 4.78 is 15.7. The van der Waals surface area contributed by atoms with E-state index >= 15 is 0 Å². The number of imidazole rings is 1. The number of fused-ring (bicyclic) bond motifs is 1. The minimum Gasteiger partial charge on any atom is -0.395 e. The highest BCUT2D eigenvalue weighted by molar-refractivity contribution is 5.77. The van der Waals surface area contributed by atoms with Crippen molar-refractivity contribution >= 4 is 16.9 Å². The van der Waals surface area contributed by atoms with Crippen molar-refractivity contribution in [3.63, 3.8) is 0 Å². The van der Waals surface area contributed by atoms with Crippen molar-refractivity contribution in [3.8, 4) is 0 Å². The van der Waals surface area contributed by atoms with Gasteiger partial charge in [-0.2, -0.15) is 0 Å². The number of amides is 1. The number of carbonyl (C=O) groups excluding carboxylic acids is 1. The van der Waals surface area contributed by atoms with Crippen LogP contribution in [0.15, 0.2) is 54.9 Å². The zero-order valence-electron chi connectivity index (χ0n) is 13.8. The predicted octanol–water partition coefficient (Wildman–Crippen LogP) is 2.59. The number of aryl methyl sites for hydroxylation is 1. The second kappa shape index (κ2) is 7.90. The first-order chi connectivity index (χ1) is 12.2. The molecule has 0 unspecified atom stereocenters. The average Bonchev–Trinajstić information content (AvgIpc) is 3.04. The van der Waals surface area contributed by atoms with E-state index in [1.807, 2.05) is 28.8 Å². The van der Waals surface area contributed by atoms with Gasteiger partial charge in [-0.25, -0.2) is 9.37 Å². The minimum atomic E-state index is -0.348. The van der Waals surface area contributed by atoms with Crippen molar-refractivity contribution in [2.75, 3.05) is 13.2 Å². The second-order valence-electron chi connectivity index (χ2n) is 5.81. The molecule has 0 aliphatic carbocycles. The Kier molecular flexibility index (Phi) is 5.40. The summed E-state index contributed by atoms with van der Waals surface area (Å²) in [6.45, 7) is 0.654. The molecular formula is C19H20FN3O2. The van der Waals surface area contributed by atoms with Crippen LogP contribution in [0.5, 0.6) is 0 Å². The molecule has 0 bridgehead atoms. The highest BCUT2D eigenvalue weighted by atomic mass is 19.1. The lowest BCUT2D eigenvalue weighted by atomic mass is 10.2. The first kappa shape index (κ1) is 17.1. The molecule has 1 amide bonds. The molecule has 0 fully saturated rings. The lowest BCUT2D eigenvalue weighted by molar-refractivity contribution is -0.132. The summed E-state index contributed by atoms with van der Waals surface area (Å²) in [6, 6.07) is 14.1. The molecule has 0 radical (unpaired) electrons. The molecule has 1 N–H and O–H groups in total. The van der Waals surface area contributed by atoms with Crippen LogP contribution < -0.4 is 0 Å². The van der Waals surface area contributed by atoms with E-state index in [1.165, 1.54) is 11.0 Å². The molecule has 25 heavy (non-hydrogen) atoms. The number of carbonyl (C=O) groups is 1. The Labute approximate surface area is 145 Å². The van der Waals surface area contributed by atoms with E-state index in [0.717, 1.165) is 11.0 Å². The SMILES string of the molecule is O=C(CCn1cnc2ccccc21)N(CCO)Cc1ccccc1F. The second-order valence-corrected chi connectivity index (χ2v) is 5.81. The number of hydrogen-bond acceptors (Lipinski definition) is 3. The third-order valence-electron chi connectivity index (χ3n) is 4.14. The van der Waals surface area contributed by atoms with Gasteiger partial charge in [-0.3, -0.25) is 4.79 Å². The van der Waals surface area contributed by atoms with Gasteiger partial charge in [-0.15, -0.1) is 0 Å². The number of aliphatic hydroxyl groups excluding tert-OH is 1. The Morgan fingerprint density at radius 1 is 1.16 bits per heavy atom. The summed E-state index contributed by atoms with van der Waals surface area (Å²) in [6.07, 6.45) is 1.97. The number of nitrogens with zero attached hydrogens (tertiary/aromatic N) is 3. The van der Waals surface area contributed by atoms with E-state index in [9.17, 15) is 14.3 Å². The highest BCUT2D eigenvalue weighted by Crippen LogP contribution is 2.14. The van der Waals surface area contributed by atoms with E-state index in [2.05, 4.69) is 4.98 Å². The van der Waals surface area contributed by atoms with Crippen LogP contribution in [-0.2, 0) is 17.9 Å². The van der Waals surface area contributed by atoms with Crippen molar-refractivity contribution < 1.29 is 14.3 Å². The predicted molar refractivity (Wildman–Crippen MR) is 93.3 cm³/mol. The Morgan fingerprint density at radius 2 is 1.92 bits per heavy atom. The first-order valence-corrected chi connectivity index (χ1v) is 8.21. The Hall–Kier alpha value is -2.73. The van der Waals surface area contributed by atoms with E-state index in [4.69, 9.17) is 0 Å². The number of aromatic nitrogens is 2.